The first-order valence-corrected chi connectivity index (χ1v) is 13.2. The van der Waals surface area contributed by atoms with Crippen LogP contribution < -0.4 is 0 Å². The molecule has 0 saturated heterocycles. The molecule has 0 aliphatic heterocycles. The van der Waals surface area contributed by atoms with Crippen molar-refractivity contribution in [1.29, 1.82) is 0 Å². The summed E-state index contributed by atoms with van der Waals surface area (Å²) in [6.45, 7) is 0. The van der Waals surface area contributed by atoms with Crippen molar-refractivity contribution in [3.8, 4) is 0 Å². The largest absolute Gasteiger partial charge is 0.0694 e. The number of rotatable bonds is 8. The molecule has 0 aromatic heterocycles. The zero-order valence-electron chi connectivity index (χ0n) is 15.9. The van der Waals surface area contributed by atoms with E-state index < -0.39 is 0 Å². The van der Waals surface area contributed by atoms with Crippen LogP contribution in [0.2, 0.25) is 0 Å². The minimum absolute atomic E-state index is 0.307. The SMILES string of the molecule is c1ccc(C(SSSC(c2ccccc2)c2ccccc2)c2ccccc2)cc1. The van der Waals surface area contributed by atoms with Crippen molar-refractivity contribution in [3.05, 3.63) is 144 Å². The average molecular weight is 431 g/mol. The quantitative estimate of drug-likeness (QED) is 0.257. The molecule has 0 amide bonds. The molecule has 0 heterocycles. The van der Waals surface area contributed by atoms with Gasteiger partial charge in [-0.25, -0.2) is 0 Å². The third kappa shape index (κ3) is 5.51. The summed E-state index contributed by atoms with van der Waals surface area (Å²) in [7, 11) is 5.73. The van der Waals surface area contributed by atoms with E-state index in [0.717, 1.165) is 0 Å². The fourth-order valence-corrected chi connectivity index (χ4v) is 8.26. The smallest absolute Gasteiger partial charge is 0.0658 e. The highest BCUT2D eigenvalue weighted by molar-refractivity contribution is 9.09. The van der Waals surface area contributed by atoms with Crippen molar-refractivity contribution in [2.24, 2.45) is 0 Å². The van der Waals surface area contributed by atoms with Crippen molar-refractivity contribution in [1.82, 2.24) is 0 Å². The maximum Gasteiger partial charge on any atom is 0.0658 e. The summed E-state index contributed by atoms with van der Waals surface area (Å²) in [6.07, 6.45) is 0. The van der Waals surface area contributed by atoms with Crippen LogP contribution in [0.5, 0.6) is 0 Å². The molecule has 0 aliphatic carbocycles. The summed E-state index contributed by atoms with van der Waals surface area (Å²) in [5.41, 5.74) is 5.36. The Morgan fingerprint density at radius 3 is 0.828 bits per heavy atom. The lowest BCUT2D eigenvalue weighted by Crippen LogP contribution is -1.96. The molecule has 0 radical (unpaired) electrons. The summed E-state index contributed by atoms with van der Waals surface area (Å²) in [4.78, 5) is 0. The predicted molar refractivity (Wildman–Crippen MR) is 132 cm³/mol. The second kappa shape index (κ2) is 10.6. The monoisotopic (exact) mass is 430 g/mol. The summed E-state index contributed by atoms with van der Waals surface area (Å²) < 4.78 is 0. The van der Waals surface area contributed by atoms with Crippen molar-refractivity contribution in [3.63, 3.8) is 0 Å². The molecule has 0 nitrogen and oxygen atoms in total. The van der Waals surface area contributed by atoms with Gasteiger partial charge < -0.3 is 0 Å². The van der Waals surface area contributed by atoms with Gasteiger partial charge in [0.1, 0.15) is 0 Å². The van der Waals surface area contributed by atoms with Crippen molar-refractivity contribution in [2.45, 2.75) is 10.5 Å². The predicted octanol–water partition coefficient (Wildman–Crippen LogP) is 8.60. The third-order valence-electron chi connectivity index (χ3n) is 4.68. The van der Waals surface area contributed by atoms with Gasteiger partial charge in [0, 0.05) is 0 Å². The molecule has 4 aromatic carbocycles. The van der Waals surface area contributed by atoms with Gasteiger partial charge in [0.15, 0.2) is 0 Å². The van der Waals surface area contributed by atoms with E-state index in [0.29, 0.717) is 10.5 Å². The van der Waals surface area contributed by atoms with E-state index in [1.54, 1.807) is 0 Å². The highest BCUT2D eigenvalue weighted by atomic mass is 33.5. The van der Waals surface area contributed by atoms with Crippen LogP contribution in [0.15, 0.2) is 121 Å². The van der Waals surface area contributed by atoms with E-state index in [1.165, 1.54) is 22.3 Å². The molecule has 0 aliphatic rings. The highest BCUT2D eigenvalue weighted by Gasteiger charge is 2.19. The zero-order chi connectivity index (χ0) is 19.7. The molecule has 0 bridgehead atoms. The maximum absolute atomic E-state index is 2.22. The summed E-state index contributed by atoms with van der Waals surface area (Å²) in [5.74, 6) is 0. The molecule has 0 saturated carbocycles. The van der Waals surface area contributed by atoms with Crippen molar-refractivity contribution >= 4 is 31.4 Å². The highest BCUT2D eigenvalue weighted by Crippen LogP contribution is 2.53. The minimum Gasteiger partial charge on any atom is -0.0694 e. The van der Waals surface area contributed by atoms with Crippen molar-refractivity contribution in [2.75, 3.05) is 0 Å². The number of hydrogen-bond acceptors (Lipinski definition) is 3. The Bertz CT molecular complexity index is 811. The number of benzene rings is 4. The Labute approximate surface area is 185 Å². The van der Waals surface area contributed by atoms with Crippen LogP contribution in [0.4, 0.5) is 0 Å². The minimum atomic E-state index is 0.307. The van der Waals surface area contributed by atoms with E-state index in [1.807, 2.05) is 31.4 Å². The van der Waals surface area contributed by atoms with Crippen LogP contribution in [0.1, 0.15) is 32.8 Å². The summed E-state index contributed by atoms with van der Waals surface area (Å²) >= 11 is 0. The second-order valence-electron chi connectivity index (χ2n) is 6.66. The first-order valence-electron chi connectivity index (χ1n) is 9.60. The van der Waals surface area contributed by atoms with Crippen LogP contribution in [-0.4, -0.2) is 0 Å². The normalized spacial score (nSPS) is 11.1. The van der Waals surface area contributed by atoms with Gasteiger partial charge in [-0.1, -0.05) is 143 Å². The van der Waals surface area contributed by atoms with Gasteiger partial charge in [-0.2, -0.15) is 0 Å². The van der Waals surface area contributed by atoms with Gasteiger partial charge in [-0.05, 0) is 32.1 Å². The topological polar surface area (TPSA) is 0 Å². The molecule has 144 valence electrons. The fourth-order valence-electron chi connectivity index (χ4n) is 3.22. The molecule has 3 heteroatoms. The molecule has 0 fully saturated rings. The third-order valence-corrected chi connectivity index (χ3v) is 9.35. The van der Waals surface area contributed by atoms with E-state index in [2.05, 4.69) is 121 Å². The Hall–Kier alpha value is -2.07. The molecule has 4 aromatic rings. The molecular weight excluding hydrogens is 408 g/mol. The van der Waals surface area contributed by atoms with E-state index in [4.69, 9.17) is 0 Å². The molecule has 4 rings (SSSR count). The lowest BCUT2D eigenvalue weighted by Gasteiger charge is -2.20. The fraction of sp³-hybridized carbons (Fsp3) is 0.0769. The second-order valence-corrected chi connectivity index (χ2v) is 10.9. The van der Waals surface area contributed by atoms with Gasteiger partial charge in [0.05, 0.1) is 10.5 Å². The lowest BCUT2D eigenvalue weighted by atomic mass is 10.0. The van der Waals surface area contributed by atoms with Gasteiger partial charge in [-0.15, -0.1) is 0 Å². The van der Waals surface area contributed by atoms with Gasteiger partial charge in [0.2, 0.25) is 0 Å². The Morgan fingerprint density at radius 2 is 0.586 bits per heavy atom. The van der Waals surface area contributed by atoms with Gasteiger partial charge in [0.25, 0.3) is 0 Å². The van der Waals surface area contributed by atoms with E-state index >= 15 is 0 Å². The van der Waals surface area contributed by atoms with Crippen LogP contribution in [0, 0.1) is 0 Å². The number of hydrogen-bond donors (Lipinski definition) is 0. The molecule has 0 N–H and O–H groups in total. The average Bonchev–Trinajstić information content (AvgIpc) is 2.81. The molecule has 0 atom stereocenters. The first kappa shape index (κ1) is 20.2. The Kier molecular flexibility index (Phi) is 7.41. The Balaban J connectivity index is 1.53. The van der Waals surface area contributed by atoms with Gasteiger partial charge in [-0.3, -0.25) is 0 Å². The van der Waals surface area contributed by atoms with E-state index in [9.17, 15) is 0 Å². The van der Waals surface area contributed by atoms with E-state index in [-0.39, 0.29) is 0 Å². The Morgan fingerprint density at radius 1 is 0.345 bits per heavy atom. The zero-order valence-corrected chi connectivity index (χ0v) is 18.4. The summed E-state index contributed by atoms with van der Waals surface area (Å²) in [6, 6.07) is 43.1. The molecular formula is C26H22S3. The maximum atomic E-state index is 2.22. The van der Waals surface area contributed by atoms with Crippen LogP contribution in [0.3, 0.4) is 0 Å². The van der Waals surface area contributed by atoms with Crippen LogP contribution in [-0.2, 0) is 0 Å². The lowest BCUT2D eigenvalue weighted by molar-refractivity contribution is 1.16. The van der Waals surface area contributed by atoms with Crippen molar-refractivity contribution < 1.29 is 0 Å². The van der Waals surface area contributed by atoms with Crippen LogP contribution in [0.25, 0.3) is 0 Å². The first-order chi connectivity index (χ1) is 14.4. The molecule has 29 heavy (non-hydrogen) atoms. The molecule has 0 spiro atoms. The summed E-state index contributed by atoms with van der Waals surface area (Å²) in [5, 5.41) is 0.615. The molecule has 0 unspecified atom stereocenters. The van der Waals surface area contributed by atoms with Gasteiger partial charge >= 0.3 is 0 Å². The standard InChI is InChI=1S/C26H22S3/c1-5-13-21(14-6-1)25(22-15-7-2-8-16-22)27-29-28-26(23-17-9-3-10-18-23)24-19-11-4-12-20-24/h1-20,25-26H. The van der Waals surface area contributed by atoms with Crippen LogP contribution >= 0.6 is 31.4 Å².